The van der Waals surface area contributed by atoms with Crippen molar-refractivity contribution in [3.8, 4) is 6.07 Å². The Morgan fingerprint density at radius 3 is 2.62 bits per heavy atom. The molecular formula is C12H21N3O. The maximum Gasteiger partial charge on any atom is 0.216 e. The molecule has 16 heavy (non-hydrogen) atoms. The predicted octanol–water partition coefficient (Wildman–Crippen LogP) is 1.14. The van der Waals surface area contributed by atoms with E-state index in [0.29, 0.717) is 5.92 Å². The van der Waals surface area contributed by atoms with E-state index in [4.69, 9.17) is 5.26 Å². The van der Waals surface area contributed by atoms with E-state index in [1.54, 1.807) is 6.92 Å². The molecule has 0 saturated carbocycles. The fraction of sp³-hybridized carbons (Fsp3) is 0.833. The highest BCUT2D eigenvalue weighted by Gasteiger charge is 2.23. The molecule has 0 aromatic rings. The Morgan fingerprint density at radius 2 is 2.19 bits per heavy atom. The van der Waals surface area contributed by atoms with E-state index in [9.17, 15) is 4.79 Å². The van der Waals surface area contributed by atoms with Crippen LogP contribution in [0.25, 0.3) is 0 Å². The molecule has 0 spiro atoms. The van der Waals surface area contributed by atoms with Gasteiger partial charge in [0.05, 0.1) is 12.1 Å². The number of carbonyl (C=O) groups excluding carboxylic acids is 1. The first-order chi connectivity index (χ1) is 7.67. The lowest BCUT2D eigenvalue weighted by Gasteiger charge is -2.34. The van der Waals surface area contributed by atoms with Crippen LogP contribution in [0.2, 0.25) is 0 Å². The Kier molecular flexibility index (Phi) is 5.27. The lowest BCUT2D eigenvalue weighted by Crippen LogP contribution is -2.42. The minimum absolute atomic E-state index is 0.0471. The Bertz CT molecular complexity index is 264. The minimum atomic E-state index is 0.0471. The molecule has 0 aliphatic carbocycles. The van der Waals surface area contributed by atoms with Gasteiger partial charge in [0.2, 0.25) is 5.91 Å². The first-order valence-electron chi connectivity index (χ1n) is 6.05. The number of hydrogen-bond donors (Lipinski definition) is 1. The van der Waals surface area contributed by atoms with E-state index in [2.05, 4.69) is 23.2 Å². The monoisotopic (exact) mass is 223 g/mol. The summed E-state index contributed by atoms with van der Waals surface area (Å²) in [6, 6.07) is 2.41. The largest absolute Gasteiger partial charge is 0.356 e. The van der Waals surface area contributed by atoms with Gasteiger partial charge in [-0.3, -0.25) is 9.69 Å². The van der Waals surface area contributed by atoms with E-state index in [-0.39, 0.29) is 11.9 Å². The lowest BCUT2D eigenvalue weighted by atomic mass is 9.95. The standard InChI is InChI=1S/C12H21N3O/c1-3-12(8-13)15-6-4-11(5-7-15)9-14-10(2)16/h11-12H,3-7,9H2,1-2H3,(H,14,16). The highest BCUT2D eigenvalue weighted by atomic mass is 16.1. The molecule has 1 aliphatic heterocycles. The number of piperidine rings is 1. The molecule has 1 amide bonds. The van der Waals surface area contributed by atoms with Gasteiger partial charge in [-0.2, -0.15) is 5.26 Å². The number of amides is 1. The summed E-state index contributed by atoms with van der Waals surface area (Å²) in [5, 5.41) is 11.8. The van der Waals surface area contributed by atoms with Crippen LogP contribution in [0.3, 0.4) is 0 Å². The molecule has 4 heteroatoms. The van der Waals surface area contributed by atoms with E-state index < -0.39 is 0 Å². The average molecular weight is 223 g/mol. The van der Waals surface area contributed by atoms with Gasteiger partial charge in [0, 0.05) is 13.5 Å². The normalized spacial score (nSPS) is 20.1. The van der Waals surface area contributed by atoms with Gasteiger partial charge >= 0.3 is 0 Å². The molecule has 0 aromatic carbocycles. The van der Waals surface area contributed by atoms with E-state index in [0.717, 1.165) is 38.9 Å². The number of nitriles is 1. The Labute approximate surface area is 97.6 Å². The lowest BCUT2D eigenvalue weighted by molar-refractivity contribution is -0.119. The van der Waals surface area contributed by atoms with Gasteiger partial charge in [-0.05, 0) is 38.3 Å². The number of hydrogen-bond acceptors (Lipinski definition) is 3. The van der Waals surface area contributed by atoms with Crippen LogP contribution >= 0.6 is 0 Å². The molecule has 1 N–H and O–H groups in total. The molecule has 1 atom stereocenters. The third-order valence-electron chi connectivity index (χ3n) is 3.27. The number of likely N-dealkylation sites (tertiary alicyclic amines) is 1. The number of nitrogens with zero attached hydrogens (tertiary/aromatic N) is 2. The fourth-order valence-corrected chi connectivity index (χ4v) is 2.19. The first kappa shape index (κ1) is 13.0. The summed E-state index contributed by atoms with van der Waals surface area (Å²) in [5.41, 5.74) is 0. The second-order valence-electron chi connectivity index (χ2n) is 4.47. The molecule has 1 fully saturated rings. The van der Waals surface area contributed by atoms with Crippen molar-refractivity contribution in [2.24, 2.45) is 5.92 Å². The Morgan fingerprint density at radius 1 is 1.56 bits per heavy atom. The second kappa shape index (κ2) is 6.49. The summed E-state index contributed by atoms with van der Waals surface area (Å²) >= 11 is 0. The molecule has 0 radical (unpaired) electrons. The van der Waals surface area contributed by atoms with Gasteiger partial charge in [-0.1, -0.05) is 6.92 Å². The zero-order valence-electron chi connectivity index (χ0n) is 10.2. The first-order valence-corrected chi connectivity index (χ1v) is 6.05. The molecule has 1 unspecified atom stereocenters. The highest BCUT2D eigenvalue weighted by Crippen LogP contribution is 2.19. The molecule has 0 aromatic heterocycles. The molecule has 1 saturated heterocycles. The summed E-state index contributed by atoms with van der Waals surface area (Å²) in [5.74, 6) is 0.627. The van der Waals surface area contributed by atoms with Crippen molar-refractivity contribution in [2.45, 2.75) is 39.2 Å². The number of nitrogens with one attached hydrogen (secondary N) is 1. The molecule has 1 heterocycles. The third-order valence-corrected chi connectivity index (χ3v) is 3.27. The fourth-order valence-electron chi connectivity index (χ4n) is 2.19. The maximum atomic E-state index is 10.8. The summed E-state index contributed by atoms with van der Waals surface area (Å²) in [4.78, 5) is 13.0. The maximum absolute atomic E-state index is 10.8. The van der Waals surface area contributed by atoms with Crippen LogP contribution in [-0.4, -0.2) is 36.5 Å². The van der Waals surface area contributed by atoms with Gasteiger partial charge < -0.3 is 5.32 Å². The van der Waals surface area contributed by atoms with Crippen molar-refractivity contribution < 1.29 is 4.79 Å². The molecule has 4 nitrogen and oxygen atoms in total. The summed E-state index contributed by atoms with van der Waals surface area (Å²) < 4.78 is 0. The van der Waals surface area contributed by atoms with Crippen LogP contribution in [-0.2, 0) is 4.79 Å². The van der Waals surface area contributed by atoms with Crippen molar-refractivity contribution >= 4 is 5.91 Å². The quantitative estimate of drug-likeness (QED) is 0.777. The van der Waals surface area contributed by atoms with Crippen molar-refractivity contribution in [1.29, 1.82) is 5.26 Å². The van der Waals surface area contributed by atoms with Crippen molar-refractivity contribution in [1.82, 2.24) is 10.2 Å². The highest BCUT2D eigenvalue weighted by molar-refractivity contribution is 5.72. The zero-order chi connectivity index (χ0) is 12.0. The van der Waals surface area contributed by atoms with Gasteiger partial charge in [0.1, 0.15) is 0 Å². The van der Waals surface area contributed by atoms with Crippen molar-refractivity contribution in [3.63, 3.8) is 0 Å². The predicted molar refractivity (Wildman–Crippen MR) is 62.7 cm³/mol. The summed E-state index contributed by atoms with van der Waals surface area (Å²) in [6.07, 6.45) is 3.06. The van der Waals surface area contributed by atoms with Crippen molar-refractivity contribution in [2.75, 3.05) is 19.6 Å². The molecular weight excluding hydrogens is 202 g/mol. The van der Waals surface area contributed by atoms with E-state index in [1.807, 2.05) is 0 Å². The van der Waals surface area contributed by atoms with Crippen molar-refractivity contribution in [3.05, 3.63) is 0 Å². The van der Waals surface area contributed by atoms with Gasteiger partial charge in [0.25, 0.3) is 0 Å². The number of rotatable bonds is 4. The third kappa shape index (κ3) is 3.82. The van der Waals surface area contributed by atoms with Gasteiger partial charge in [0.15, 0.2) is 0 Å². The van der Waals surface area contributed by atoms with Crippen LogP contribution in [0.4, 0.5) is 0 Å². The smallest absolute Gasteiger partial charge is 0.216 e. The Balaban J connectivity index is 2.28. The molecule has 90 valence electrons. The van der Waals surface area contributed by atoms with Crippen LogP contribution in [0, 0.1) is 17.2 Å². The zero-order valence-corrected chi connectivity index (χ0v) is 10.2. The van der Waals surface area contributed by atoms with Crippen LogP contribution in [0.1, 0.15) is 33.1 Å². The van der Waals surface area contributed by atoms with Crippen LogP contribution in [0.15, 0.2) is 0 Å². The average Bonchev–Trinajstić information content (AvgIpc) is 2.29. The summed E-state index contributed by atoms with van der Waals surface area (Å²) in [6.45, 7) is 6.36. The second-order valence-corrected chi connectivity index (χ2v) is 4.47. The minimum Gasteiger partial charge on any atom is -0.356 e. The van der Waals surface area contributed by atoms with E-state index >= 15 is 0 Å². The van der Waals surface area contributed by atoms with Crippen LogP contribution < -0.4 is 5.32 Å². The van der Waals surface area contributed by atoms with Gasteiger partial charge in [-0.25, -0.2) is 0 Å². The molecule has 1 rings (SSSR count). The molecule has 0 bridgehead atoms. The van der Waals surface area contributed by atoms with Crippen LogP contribution in [0.5, 0.6) is 0 Å². The Hall–Kier alpha value is -1.08. The molecule has 1 aliphatic rings. The number of carbonyl (C=O) groups is 1. The van der Waals surface area contributed by atoms with Gasteiger partial charge in [-0.15, -0.1) is 0 Å². The topological polar surface area (TPSA) is 56.1 Å². The van der Waals surface area contributed by atoms with E-state index in [1.165, 1.54) is 0 Å². The SMILES string of the molecule is CCC(C#N)N1CCC(CNC(C)=O)CC1. The summed E-state index contributed by atoms with van der Waals surface area (Å²) in [7, 11) is 0.